The van der Waals surface area contributed by atoms with E-state index in [9.17, 15) is 9.59 Å². The van der Waals surface area contributed by atoms with Gasteiger partial charge in [0.1, 0.15) is 22.1 Å². The molecule has 9 nitrogen and oxygen atoms in total. The first-order chi connectivity index (χ1) is 17.5. The van der Waals surface area contributed by atoms with Gasteiger partial charge in [-0.25, -0.2) is 19.0 Å². The second kappa shape index (κ2) is 15.0. The van der Waals surface area contributed by atoms with Gasteiger partial charge in [0.15, 0.2) is 0 Å². The van der Waals surface area contributed by atoms with Gasteiger partial charge in [0, 0.05) is 0 Å². The van der Waals surface area contributed by atoms with Crippen LogP contribution >= 0.6 is 21.7 Å². The molecule has 2 N–H and O–H groups in total. The Morgan fingerprint density at radius 1 is 0.806 bits per heavy atom. The molecule has 0 spiro atoms. The van der Waals surface area contributed by atoms with Gasteiger partial charge in [-0.2, -0.15) is 10.2 Å². The summed E-state index contributed by atoms with van der Waals surface area (Å²) in [5.74, 6) is -0.624. The van der Waals surface area contributed by atoms with Gasteiger partial charge in [-0.15, -0.1) is 0 Å². The molecule has 4 aromatic rings. The standard InChI is InChI=1S/C12H11ClN2O2.C12H13N3O2.ClH.Cu/c2*1-2-17-12(16)10-8-14-15(11(10)13)9-6-4-3-5-7-9;;/h3-8H,2H2,1H3;3-8H,2,13H2,1H3;1H;/q;;;+1/p-1. The van der Waals surface area contributed by atoms with Crippen LogP contribution in [0.3, 0.4) is 0 Å². The number of ether oxygens (including phenoxy) is 2. The molecule has 0 saturated carbocycles. The third-order valence-corrected chi connectivity index (χ3v) is 4.87. The molecule has 0 radical (unpaired) electrons. The Kier molecular flexibility index (Phi) is 12.0. The van der Waals surface area contributed by atoms with E-state index >= 15 is 0 Å². The summed E-state index contributed by atoms with van der Waals surface area (Å²) in [6.45, 7) is 4.11. The van der Waals surface area contributed by atoms with E-state index in [2.05, 4.69) is 35.4 Å². The van der Waals surface area contributed by atoms with E-state index in [-0.39, 0.29) is 22.1 Å². The van der Waals surface area contributed by atoms with E-state index in [0.29, 0.717) is 13.2 Å². The summed E-state index contributed by atoms with van der Waals surface area (Å²) < 4.78 is 12.8. The predicted molar refractivity (Wildman–Crippen MR) is 134 cm³/mol. The van der Waals surface area contributed by atoms with Gasteiger partial charge in [0.05, 0.1) is 37.0 Å². The number of para-hydroxylation sites is 2. The SMILES string of the molecule is CCOC(=O)c1cnn(-c2ccccc2)c1Cl.CCOC(=O)c1cnn(-c2ccccc2)c1N.[Cl][Cu]. The molecule has 12 heteroatoms. The van der Waals surface area contributed by atoms with Gasteiger partial charge in [-0.05, 0) is 38.1 Å². The van der Waals surface area contributed by atoms with Crippen LogP contribution in [0.5, 0.6) is 0 Å². The molecule has 36 heavy (non-hydrogen) atoms. The molecule has 0 fully saturated rings. The number of esters is 2. The van der Waals surface area contributed by atoms with E-state index in [0.717, 1.165) is 11.4 Å². The Morgan fingerprint density at radius 3 is 1.72 bits per heavy atom. The number of halogens is 2. The molecule has 0 atom stereocenters. The zero-order valence-electron chi connectivity index (χ0n) is 19.4. The number of hydrogen-bond donors (Lipinski definition) is 1. The molecule has 0 saturated heterocycles. The van der Waals surface area contributed by atoms with Crippen molar-refractivity contribution >= 4 is 39.5 Å². The molecule has 2 aromatic carbocycles. The maximum atomic E-state index is 11.6. The normalized spacial score (nSPS) is 9.83. The quantitative estimate of drug-likeness (QED) is 0.252. The number of anilines is 1. The Morgan fingerprint density at radius 2 is 1.22 bits per heavy atom. The summed E-state index contributed by atoms with van der Waals surface area (Å²) in [4.78, 5) is 23.1. The molecular weight excluding hydrogens is 557 g/mol. The third kappa shape index (κ3) is 7.35. The van der Waals surface area contributed by atoms with Crippen LogP contribution in [0.2, 0.25) is 5.15 Å². The molecule has 0 aliphatic heterocycles. The fourth-order valence-corrected chi connectivity index (χ4v) is 3.19. The van der Waals surface area contributed by atoms with Crippen LogP contribution in [0.15, 0.2) is 73.1 Å². The van der Waals surface area contributed by atoms with Crippen LogP contribution in [0.1, 0.15) is 34.6 Å². The minimum atomic E-state index is -0.459. The van der Waals surface area contributed by atoms with Crippen LogP contribution in [-0.4, -0.2) is 44.7 Å². The summed E-state index contributed by atoms with van der Waals surface area (Å²) in [6, 6.07) is 18.7. The first kappa shape index (κ1) is 28.9. The van der Waals surface area contributed by atoms with Gasteiger partial charge in [-0.1, -0.05) is 48.0 Å². The second-order valence-corrected chi connectivity index (χ2v) is 7.09. The van der Waals surface area contributed by atoms with Crippen LogP contribution in [0.25, 0.3) is 11.4 Å². The van der Waals surface area contributed by atoms with Gasteiger partial charge < -0.3 is 15.2 Å². The average Bonchev–Trinajstić information content (AvgIpc) is 3.49. The number of nitrogens with zero attached hydrogens (tertiary/aromatic N) is 4. The average molecular weight is 581 g/mol. The monoisotopic (exact) mass is 579 g/mol. The second-order valence-electron chi connectivity index (χ2n) is 6.73. The number of carbonyl (C=O) groups excluding carboxylic acids is 2. The molecule has 0 amide bonds. The summed E-state index contributed by atoms with van der Waals surface area (Å²) in [5, 5.41) is 8.41. The number of nitrogen functional groups attached to an aromatic ring is 1. The van der Waals surface area contributed by atoms with E-state index in [1.807, 2.05) is 60.7 Å². The van der Waals surface area contributed by atoms with Crippen LogP contribution in [0, 0.1) is 0 Å². The predicted octanol–water partition coefficient (Wildman–Crippen LogP) is 5.02. The summed E-state index contributed by atoms with van der Waals surface area (Å²) >= 11 is 9.75. The zero-order valence-corrected chi connectivity index (χ0v) is 21.9. The van der Waals surface area contributed by atoms with Gasteiger partial charge in [0.25, 0.3) is 0 Å². The summed E-state index contributed by atoms with van der Waals surface area (Å²) in [5.41, 5.74) is 8.03. The molecule has 0 bridgehead atoms. The number of rotatable bonds is 6. The minimum absolute atomic E-state index is 0.259. The van der Waals surface area contributed by atoms with Crippen LogP contribution < -0.4 is 5.73 Å². The fraction of sp³-hybridized carbons (Fsp3) is 0.167. The van der Waals surface area contributed by atoms with Crippen molar-refractivity contribution in [2.45, 2.75) is 13.8 Å². The zero-order chi connectivity index (χ0) is 26.5. The maximum absolute atomic E-state index is 11.6. The molecule has 194 valence electrons. The van der Waals surface area contributed by atoms with Crippen molar-refractivity contribution in [2.75, 3.05) is 18.9 Å². The van der Waals surface area contributed by atoms with Crippen molar-refractivity contribution in [2.24, 2.45) is 0 Å². The van der Waals surface area contributed by atoms with E-state index < -0.39 is 11.9 Å². The van der Waals surface area contributed by atoms with Crippen LogP contribution in [0.4, 0.5) is 5.82 Å². The molecule has 4 rings (SSSR count). The van der Waals surface area contributed by atoms with Crippen molar-refractivity contribution in [1.29, 1.82) is 0 Å². The fourth-order valence-electron chi connectivity index (χ4n) is 2.93. The van der Waals surface area contributed by atoms with E-state index in [1.54, 1.807) is 13.8 Å². The van der Waals surface area contributed by atoms with Gasteiger partial charge in [0.2, 0.25) is 0 Å². The number of benzene rings is 2. The Hall–Kier alpha value is -3.30. The Labute approximate surface area is 226 Å². The Bertz CT molecular complexity index is 1150. The van der Waals surface area contributed by atoms with Crippen molar-refractivity contribution in [3.8, 4) is 11.4 Å². The molecule has 2 heterocycles. The van der Waals surface area contributed by atoms with Crippen molar-refractivity contribution < 1.29 is 34.2 Å². The number of nitrogens with two attached hydrogens (primary N) is 1. The molecular formula is C24H24Cl2CuN5O4. The first-order valence-electron chi connectivity index (χ1n) is 10.6. The van der Waals surface area contributed by atoms with Crippen molar-refractivity contribution in [1.82, 2.24) is 19.6 Å². The number of aromatic nitrogens is 4. The first-order valence-corrected chi connectivity index (χ1v) is 12.3. The molecule has 2 aromatic heterocycles. The molecule has 0 aliphatic rings. The third-order valence-electron chi connectivity index (χ3n) is 4.51. The van der Waals surface area contributed by atoms with Crippen LogP contribution in [-0.2, 0) is 24.6 Å². The summed E-state index contributed by atoms with van der Waals surface area (Å²) in [6.07, 6.45) is 2.83. The number of hydrogen-bond acceptors (Lipinski definition) is 7. The van der Waals surface area contributed by atoms with Crippen molar-refractivity contribution in [3.05, 3.63) is 89.3 Å². The topological polar surface area (TPSA) is 114 Å². The van der Waals surface area contributed by atoms with Gasteiger partial charge in [-0.3, -0.25) is 0 Å². The molecule has 0 unspecified atom stereocenters. The summed E-state index contributed by atoms with van der Waals surface area (Å²) in [7, 11) is 4.20. The Balaban J connectivity index is 0.000000237. The van der Waals surface area contributed by atoms with E-state index in [1.165, 1.54) is 21.8 Å². The van der Waals surface area contributed by atoms with Crippen molar-refractivity contribution in [3.63, 3.8) is 0 Å². The molecule has 0 aliphatic carbocycles. The van der Waals surface area contributed by atoms with Gasteiger partial charge >= 0.3 is 37.1 Å². The number of carbonyl (C=O) groups is 2. The van der Waals surface area contributed by atoms with E-state index in [4.69, 9.17) is 26.8 Å².